The van der Waals surface area contributed by atoms with Gasteiger partial charge in [-0.15, -0.1) is 0 Å². The molecule has 1 aromatic rings. The van der Waals surface area contributed by atoms with Crippen LogP contribution in [0, 0.1) is 17.3 Å². The van der Waals surface area contributed by atoms with Crippen LogP contribution in [0.25, 0.3) is 0 Å². The third-order valence-corrected chi connectivity index (χ3v) is 12.1. The van der Waals surface area contributed by atoms with Crippen molar-refractivity contribution in [1.29, 1.82) is 0 Å². The number of pyridine rings is 1. The SMILES string of the molecule is C=CC1=C(C)C2=NC1=CC1=NC(=CC3=C(C)C4=C(O)C(CCCC(=O)OCc5cccnc5)(C(=O)OC)C(=C5NC(=C2)[C@@H](C)[C@@H]5CCC(=O)OC)C4=N3)C(CC)=C1C. The van der Waals surface area contributed by atoms with Crippen LogP contribution in [0.15, 0.2) is 144 Å². The molecule has 7 rings (SSSR count). The molecule has 1 aliphatic carbocycles. The zero-order valence-electron chi connectivity index (χ0n) is 34.1. The van der Waals surface area contributed by atoms with Gasteiger partial charge in [0, 0.05) is 70.7 Å². The molecule has 0 spiro atoms. The first-order valence-electron chi connectivity index (χ1n) is 19.7. The summed E-state index contributed by atoms with van der Waals surface area (Å²) in [5, 5.41) is 16.3. The molecule has 1 saturated heterocycles. The molecule has 0 radical (unpaired) electrons. The minimum atomic E-state index is -1.74. The molecule has 0 amide bonds. The Morgan fingerprint density at radius 2 is 1.72 bits per heavy atom. The molecule has 3 atom stereocenters. The summed E-state index contributed by atoms with van der Waals surface area (Å²) in [5.74, 6) is -2.26. The second kappa shape index (κ2) is 16.0. The molecular formula is C46H49N5O7. The van der Waals surface area contributed by atoms with Gasteiger partial charge in [0.15, 0.2) is 5.41 Å². The molecule has 300 valence electrons. The molecule has 58 heavy (non-hydrogen) atoms. The number of hydrogen-bond acceptors (Lipinski definition) is 12. The van der Waals surface area contributed by atoms with Gasteiger partial charge in [-0.05, 0) is 93.0 Å². The Hall–Kier alpha value is -6.17. The molecule has 5 aliphatic heterocycles. The average Bonchev–Trinajstić information content (AvgIpc) is 3.95. The van der Waals surface area contributed by atoms with Crippen molar-refractivity contribution in [3.63, 3.8) is 0 Å². The Morgan fingerprint density at radius 1 is 0.966 bits per heavy atom. The highest BCUT2D eigenvalue weighted by molar-refractivity contribution is 6.25. The number of aliphatic hydroxyl groups is 1. The Labute approximate surface area is 338 Å². The normalized spacial score (nSPS) is 23.4. The minimum absolute atomic E-state index is 0.0123. The Bertz CT molecular complexity index is 2380. The number of aromatic nitrogens is 1. The number of carbonyl (C=O) groups excluding carboxylic acids is 3. The van der Waals surface area contributed by atoms with E-state index in [0.29, 0.717) is 40.2 Å². The number of aliphatic imine (C=N–C) groups is 3. The molecule has 8 bridgehead atoms. The van der Waals surface area contributed by atoms with Crippen molar-refractivity contribution in [3.05, 3.63) is 134 Å². The molecule has 1 aromatic heterocycles. The number of rotatable bonds is 12. The van der Waals surface area contributed by atoms with Crippen LogP contribution < -0.4 is 5.32 Å². The third-order valence-electron chi connectivity index (χ3n) is 12.1. The summed E-state index contributed by atoms with van der Waals surface area (Å²) in [6.45, 7) is 14.3. The molecule has 12 heteroatoms. The number of hydrogen-bond donors (Lipinski definition) is 2. The number of nitrogens with zero attached hydrogens (tertiary/aromatic N) is 4. The van der Waals surface area contributed by atoms with E-state index in [2.05, 4.69) is 37.7 Å². The first-order chi connectivity index (χ1) is 27.9. The van der Waals surface area contributed by atoms with Gasteiger partial charge in [-0.1, -0.05) is 32.6 Å². The summed E-state index contributed by atoms with van der Waals surface area (Å²) in [6, 6.07) is 3.58. The van der Waals surface area contributed by atoms with Gasteiger partial charge in [-0.25, -0.2) is 15.0 Å². The molecule has 0 saturated carbocycles. The van der Waals surface area contributed by atoms with E-state index in [-0.39, 0.29) is 55.9 Å². The lowest BCUT2D eigenvalue weighted by molar-refractivity contribution is -0.151. The van der Waals surface area contributed by atoms with E-state index in [1.54, 1.807) is 18.5 Å². The number of ether oxygens (including phenoxy) is 3. The Morgan fingerprint density at radius 3 is 2.41 bits per heavy atom. The zero-order valence-corrected chi connectivity index (χ0v) is 34.1. The van der Waals surface area contributed by atoms with Crippen molar-refractivity contribution in [1.82, 2.24) is 10.3 Å². The molecule has 0 aromatic carbocycles. The van der Waals surface area contributed by atoms with Gasteiger partial charge in [0.25, 0.3) is 0 Å². The summed E-state index contributed by atoms with van der Waals surface area (Å²) in [6.07, 6.45) is 12.4. The van der Waals surface area contributed by atoms with Crippen LogP contribution in [0.2, 0.25) is 0 Å². The molecule has 2 N–H and O–H groups in total. The maximum atomic E-state index is 14.5. The summed E-state index contributed by atoms with van der Waals surface area (Å²) < 4.78 is 16.2. The molecule has 12 nitrogen and oxygen atoms in total. The smallest absolute Gasteiger partial charge is 0.324 e. The first-order valence-corrected chi connectivity index (χ1v) is 19.7. The molecular weight excluding hydrogens is 735 g/mol. The van der Waals surface area contributed by atoms with Crippen molar-refractivity contribution < 1.29 is 33.7 Å². The second-order valence-corrected chi connectivity index (χ2v) is 15.2. The number of carbonyl (C=O) groups is 3. The number of esters is 3. The van der Waals surface area contributed by atoms with Crippen LogP contribution in [-0.4, -0.2) is 59.4 Å². The van der Waals surface area contributed by atoms with Gasteiger partial charge in [-0.2, -0.15) is 0 Å². The highest BCUT2D eigenvalue weighted by atomic mass is 16.5. The quantitative estimate of drug-likeness (QED) is 0.159. The van der Waals surface area contributed by atoms with Gasteiger partial charge in [-0.3, -0.25) is 19.4 Å². The summed E-state index contributed by atoms with van der Waals surface area (Å²) in [7, 11) is 2.65. The first kappa shape index (κ1) is 40.0. The van der Waals surface area contributed by atoms with Gasteiger partial charge >= 0.3 is 17.9 Å². The summed E-state index contributed by atoms with van der Waals surface area (Å²) in [4.78, 5) is 59.7. The highest BCUT2D eigenvalue weighted by Gasteiger charge is 2.59. The van der Waals surface area contributed by atoms with E-state index >= 15 is 0 Å². The lowest BCUT2D eigenvalue weighted by Crippen LogP contribution is -2.38. The fraction of sp³-hybridized carbons (Fsp3) is 0.370. The molecule has 1 fully saturated rings. The summed E-state index contributed by atoms with van der Waals surface area (Å²) >= 11 is 0. The van der Waals surface area contributed by atoms with Crippen molar-refractivity contribution in [2.45, 2.75) is 79.8 Å². The van der Waals surface area contributed by atoms with E-state index in [9.17, 15) is 19.5 Å². The van der Waals surface area contributed by atoms with Crippen LogP contribution >= 0.6 is 0 Å². The molecule has 6 heterocycles. The average molecular weight is 784 g/mol. The standard InChI is InChI=1S/C46H49N5O7/c1-9-29-24(3)32-19-34-26(5)31(15-16-38(52)56-7)42(50-34)41-43-40(27(6)35(51-43)21-37-30(10-2)25(4)33(49-37)20-36(29)48-32)44(54)46(41,45(55)57-8)17-11-14-39(53)58-23-28-13-12-18-47-22-28/h9,12-13,18-22,26,31,50,54H,1,10-11,14-17,23H2,2-8H3/t26-,31-,46?/m0/s1. The molecule has 6 aliphatic rings. The number of nitrogens with one attached hydrogen (secondary N) is 1. The van der Waals surface area contributed by atoms with E-state index in [1.807, 2.05) is 44.2 Å². The fourth-order valence-electron chi connectivity index (χ4n) is 8.87. The number of fused-ring (bicyclic) bond motifs is 5. The maximum absolute atomic E-state index is 14.5. The van der Waals surface area contributed by atoms with Crippen molar-refractivity contribution in [3.8, 4) is 0 Å². The van der Waals surface area contributed by atoms with Crippen molar-refractivity contribution in [2.24, 2.45) is 32.2 Å². The number of methoxy groups -OCH3 is 2. The van der Waals surface area contributed by atoms with E-state index in [0.717, 1.165) is 62.8 Å². The third kappa shape index (κ3) is 6.73. The second-order valence-electron chi connectivity index (χ2n) is 15.2. The fourth-order valence-corrected chi connectivity index (χ4v) is 8.87. The van der Waals surface area contributed by atoms with Gasteiger partial charge < -0.3 is 24.6 Å². The Balaban J connectivity index is 1.43. The van der Waals surface area contributed by atoms with Crippen LogP contribution in [0.1, 0.15) is 78.7 Å². The minimum Gasteiger partial charge on any atom is -0.510 e. The molecule has 1 unspecified atom stereocenters. The van der Waals surface area contributed by atoms with E-state index < -0.39 is 17.4 Å². The zero-order chi connectivity index (χ0) is 41.5. The lowest BCUT2D eigenvalue weighted by Gasteiger charge is -2.31. The van der Waals surface area contributed by atoms with Gasteiger partial charge in [0.05, 0.1) is 48.4 Å². The van der Waals surface area contributed by atoms with Crippen molar-refractivity contribution in [2.75, 3.05) is 14.2 Å². The van der Waals surface area contributed by atoms with Crippen LogP contribution in [0.3, 0.4) is 0 Å². The number of allylic oxidation sites excluding steroid dienone is 11. The highest BCUT2D eigenvalue weighted by Crippen LogP contribution is 2.56. The summed E-state index contributed by atoms with van der Waals surface area (Å²) in [5.41, 5.74) is 10.0. The van der Waals surface area contributed by atoms with Crippen LogP contribution in [0.5, 0.6) is 0 Å². The maximum Gasteiger partial charge on any atom is 0.324 e. The van der Waals surface area contributed by atoms with Gasteiger partial charge in [0.1, 0.15) is 12.4 Å². The topological polar surface area (TPSA) is 161 Å². The largest absolute Gasteiger partial charge is 0.510 e. The van der Waals surface area contributed by atoms with Crippen LogP contribution in [-0.2, 0) is 35.2 Å². The monoisotopic (exact) mass is 783 g/mol. The van der Waals surface area contributed by atoms with Gasteiger partial charge in [0.2, 0.25) is 0 Å². The predicted octanol–water partition coefficient (Wildman–Crippen LogP) is 7.88. The lowest BCUT2D eigenvalue weighted by atomic mass is 9.73. The van der Waals surface area contributed by atoms with E-state index in [4.69, 9.17) is 29.2 Å². The van der Waals surface area contributed by atoms with Crippen LogP contribution in [0.4, 0.5) is 0 Å². The Kier molecular flexibility index (Phi) is 11.0. The predicted molar refractivity (Wildman–Crippen MR) is 221 cm³/mol. The number of aliphatic hydroxyl groups excluding tert-OH is 1. The van der Waals surface area contributed by atoms with E-state index in [1.165, 1.54) is 14.2 Å². The van der Waals surface area contributed by atoms with Crippen molar-refractivity contribution >= 4 is 35.0 Å².